The fourth-order valence-electron chi connectivity index (χ4n) is 0.310. The Kier molecular flexibility index (Phi) is 10.5. The fraction of sp³-hybridized carbons (Fsp3) is 0.833. The summed E-state index contributed by atoms with van der Waals surface area (Å²) in [5.41, 5.74) is 2.41. The summed E-state index contributed by atoms with van der Waals surface area (Å²) in [6, 6.07) is 0. The zero-order valence-electron chi connectivity index (χ0n) is 6.76. The number of hydroxylamine groups is 1. The molecule has 0 radical (unpaired) electrons. The van der Waals surface area contributed by atoms with Crippen molar-refractivity contribution < 1.29 is 40.9 Å². The molecule has 1 unspecified atom stereocenters. The third-order valence-electron chi connectivity index (χ3n) is 0.866. The van der Waals surface area contributed by atoms with Crippen molar-refractivity contribution in [1.82, 2.24) is 5.48 Å². The van der Waals surface area contributed by atoms with Gasteiger partial charge >= 0.3 is 5.97 Å². The summed E-state index contributed by atoms with van der Waals surface area (Å²) in [7, 11) is 0. The Morgan fingerprint density at radius 2 is 2.27 bits per heavy atom. The fourth-order valence-corrected chi connectivity index (χ4v) is 0.310. The molecule has 0 aliphatic heterocycles. The van der Waals surface area contributed by atoms with Crippen molar-refractivity contribution in [1.29, 1.82) is 0 Å². The molecule has 0 spiro atoms. The van der Waals surface area contributed by atoms with Gasteiger partial charge in [0.1, 0.15) is 0 Å². The number of rotatable bonds is 4. The third kappa shape index (κ3) is 8.18. The normalized spacial score (nSPS) is 11.5. The molecule has 0 aliphatic carbocycles. The van der Waals surface area contributed by atoms with E-state index in [1.165, 1.54) is 6.92 Å². The van der Waals surface area contributed by atoms with Crippen molar-refractivity contribution in [3.05, 3.63) is 0 Å². The monoisotopic (exact) mass is 237 g/mol. The minimum Gasteiger partial charge on any atom is -0.382 e. The van der Waals surface area contributed by atoms with Crippen LogP contribution >= 0.6 is 0 Å². The van der Waals surface area contributed by atoms with Gasteiger partial charge in [-0.1, -0.05) is 6.92 Å². The van der Waals surface area contributed by atoms with E-state index >= 15 is 0 Å². The predicted molar refractivity (Wildman–Crippen MR) is 36.1 cm³/mol. The topological polar surface area (TPSA) is 58.6 Å². The number of hydrogen-bond acceptors (Lipinski definition) is 4. The number of carbonyl (C=O) groups is 1. The number of aliphatic hydroxyl groups is 1. The molecule has 64 valence electrons. The summed E-state index contributed by atoms with van der Waals surface area (Å²) < 4.78 is 0. The van der Waals surface area contributed by atoms with Crippen LogP contribution in [0, 0.1) is 0 Å². The van der Waals surface area contributed by atoms with Gasteiger partial charge in [-0.3, -0.25) is 0 Å². The maximum Gasteiger partial charge on any atom is 0.353 e. The van der Waals surface area contributed by atoms with Gasteiger partial charge in [0.2, 0.25) is 0 Å². The Labute approximate surface area is 85.4 Å². The molecule has 0 fully saturated rings. The molecule has 0 aromatic carbocycles. The van der Waals surface area contributed by atoms with Gasteiger partial charge in [0.25, 0.3) is 0 Å². The molecule has 0 aromatic heterocycles. The van der Waals surface area contributed by atoms with Crippen LogP contribution in [0.15, 0.2) is 0 Å². The molecule has 5 heteroatoms. The van der Waals surface area contributed by atoms with Gasteiger partial charge in [0.05, 0.1) is 0 Å². The van der Waals surface area contributed by atoms with E-state index in [0.29, 0.717) is 6.54 Å². The maximum absolute atomic E-state index is 10.5. The molecule has 0 aliphatic rings. The van der Waals surface area contributed by atoms with Crippen LogP contribution in [0.1, 0.15) is 20.3 Å². The van der Waals surface area contributed by atoms with E-state index < -0.39 is 12.1 Å². The van der Waals surface area contributed by atoms with Crippen molar-refractivity contribution in [2.24, 2.45) is 0 Å². The van der Waals surface area contributed by atoms with Crippen LogP contribution in [0.4, 0.5) is 0 Å². The average Bonchev–Trinajstić information content (AvgIpc) is 1.88. The molecule has 0 saturated carbocycles. The summed E-state index contributed by atoms with van der Waals surface area (Å²) in [5, 5.41) is 8.61. The molecule has 0 bridgehead atoms. The van der Waals surface area contributed by atoms with E-state index in [4.69, 9.17) is 5.11 Å². The molecule has 0 aromatic rings. The zero-order chi connectivity index (χ0) is 7.98. The molecule has 1 atom stereocenters. The number of carbonyl (C=O) groups excluding carboxylic acids is 1. The largest absolute Gasteiger partial charge is 0.382 e. The predicted octanol–water partition coefficient (Wildman–Crippen LogP) is -0.177. The summed E-state index contributed by atoms with van der Waals surface area (Å²) in [6.45, 7) is 3.91. The first-order chi connectivity index (χ1) is 4.68. The van der Waals surface area contributed by atoms with Crippen LogP contribution in [-0.4, -0.2) is 23.7 Å². The van der Waals surface area contributed by atoms with Crippen LogP contribution in [0.3, 0.4) is 0 Å². The van der Waals surface area contributed by atoms with Gasteiger partial charge in [-0.25, -0.2) is 4.79 Å². The molecule has 0 rings (SSSR count). The Bertz CT molecular complexity index is 108. The van der Waals surface area contributed by atoms with Crippen molar-refractivity contribution in [2.75, 3.05) is 6.54 Å². The van der Waals surface area contributed by atoms with Gasteiger partial charge in [-0.15, -0.1) is 0 Å². The van der Waals surface area contributed by atoms with Gasteiger partial charge in [0.15, 0.2) is 6.10 Å². The first-order valence-corrected chi connectivity index (χ1v) is 3.30. The minimum absolute atomic E-state index is 0. The van der Waals surface area contributed by atoms with Crippen molar-refractivity contribution in [3.63, 3.8) is 0 Å². The van der Waals surface area contributed by atoms with Crippen LogP contribution in [0.5, 0.6) is 0 Å². The van der Waals surface area contributed by atoms with E-state index in [9.17, 15) is 4.79 Å². The van der Waals surface area contributed by atoms with E-state index in [-0.39, 0.29) is 26.2 Å². The smallest absolute Gasteiger partial charge is 0.353 e. The maximum atomic E-state index is 10.5. The molecular formula is C6H13NO3Zr. The van der Waals surface area contributed by atoms with Crippen LogP contribution in [-0.2, 0) is 35.8 Å². The molecular weight excluding hydrogens is 225 g/mol. The summed E-state index contributed by atoms with van der Waals surface area (Å²) >= 11 is 0. The molecule has 4 nitrogen and oxygen atoms in total. The van der Waals surface area contributed by atoms with Crippen LogP contribution < -0.4 is 5.48 Å². The Balaban J connectivity index is 0. The summed E-state index contributed by atoms with van der Waals surface area (Å²) in [5.74, 6) is -0.645. The molecule has 2 N–H and O–H groups in total. The number of aliphatic hydroxyl groups excluding tert-OH is 1. The van der Waals surface area contributed by atoms with Gasteiger partial charge in [0, 0.05) is 32.7 Å². The Morgan fingerprint density at radius 1 is 1.73 bits per heavy atom. The number of nitrogens with one attached hydrogen (secondary N) is 1. The van der Waals surface area contributed by atoms with E-state index in [1.54, 1.807) is 0 Å². The SMILES string of the molecule is CCCNOC(=O)C(C)O.[Zr]. The molecule has 0 amide bonds. The molecule has 0 heterocycles. The summed E-state index contributed by atoms with van der Waals surface area (Å²) in [6.07, 6.45) is -0.169. The molecule has 0 saturated heterocycles. The second-order valence-electron chi connectivity index (χ2n) is 1.99. The standard InChI is InChI=1S/C6H13NO3.Zr/c1-3-4-7-10-6(9)5(2)8;/h5,7-8H,3-4H2,1-2H3;. The van der Waals surface area contributed by atoms with Crippen molar-refractivity contribution in [3.8, 4) is 0 Å². The summed E-state index contributed by atoms with van der Waals surface area (Å²) in [4.78, 5) is 14.9. The second kappa shape index (κ2) is 8.37. The van der Waals surface area contributed by atoms with E-state index in [2.05, 4.69) is 10.3 Å². The third-order valence-corrected chi connectivity index (χ3v) is 0.866. The Hall–Kier alpha value is 0.273. The quantitative estimate of drug-likeness (QED) is 0.527. The van der Waals surface area contributed by atoms with E-state index in [1.807, 2.05) is 6.92 Å². The van der Waals surface area contributed by atoms with Gasteiger partial charge in [-0.05, 0) is 13.3 Å². The van der Waals surface area contributed by atoms with Crippen LogP contribution in [0.2, 0.25) is 0 Å². The Morgan fingerprint density at radius 3 is 2.64 bits per heavy atom. The second-order valence-corrected chi connectivity index (χ2v) is 1.99. The van der Waals surface area contributed by atoms with Gasteiger partial charge < -0.3 is 9.94 Å². The zero-order valence-corrected chi connectivity index (χ0v) is 9.21. The van der Waals surface area contributed by atoms with Crippen molar-refractivity contribution >= 4 is 5.97 Å². The first-order valence-electron chi connectivity index (χ1n) is 3.30. The first kappa shape index (κ1) is 13.8. The van der Waals surface area contributed by atoms with Gasteiger partial charge in [-0.2, -0.15) is 5.48 Å². The number of hydrogen-bond donors (Lipinski definition) is 2. The van der Waals surface area contributed by atoms with Crippen molar-refractivity contribution in [2.45, 2.75) is 26.4 Å². The minimum atomic E-state index is -1.05. The van der Waals surface area contributed by atoms with Crippen LogP contribution in [0.25, 0.3) is 0 Å². The average molecular weight is 238 g/mol. The van der Waals surface area contributed by atoms with E-state index in [0.717, 1.165) is 6.42 Å². The molecule has 11 heavy (non-hydrogen) atoms.